The minimum Gasteiger partial charge on any atom is -0.505 e. The summed E-state index contributed by atoms with van der Waals surface area (Å²) in [5.74, 6) is -0.0583. The van der Waals surface area contributed by atoms with E-state index in [4.69, 9.17) is 0 Å². The van der Waals surface area contributed by atoms with E-state index in [1.807, 2.05) is 0 Å². The predicted octanol–water partition coefficient (Wildman–Crippen LogP) is 3.03. The van der Waals surface area contributed by atoms with Crippen molar-refractivity contribution in [3.63, 3.8) is 0 Å². The summed E-state index contributed by atoms with van der Waals surface area (Å²) in [6.45, 7) is 5.97. The maximum Gasteiger partial charge on any atom is 0.149 e. The van der Waals surface area contributed by atoms with Gasteiger partial charge in [-0.15, -0.1) is 4.91 Å². The highest BCUT2D eigenvalue weighted by Gasteiger charge is 2.07. The maximum atomic E-state index is 10.3. The molecule has 0 unspecified atom stereocenters. The van der Waals surface area contributed by atoms with Crippen LogP contribution in [0, 0.1) is 4.91 Å². The van der Waals surface area contributed by atoms with E-state index in [0.717, 1.165) is 25.2 Å². The van der Waals surface area contributed by atoms with Gasteiger partial charge in [-0.3, -0.25) is 0 Å². The summed E-state index contributed by atoms with van der Waals surface area (Å²) in [5, 5.41) is 12.2. The molecule has 1 rings (SSSR count). The lowest BCUT2D eigenvalue weighted by Gasteiger charge is -2.22. The molecule has 0 amide bonds. The van der Waals surface area contributed by atoms with Crippen molar-refractivity contribution in [2.24, 2.45) is 5.18 Å². The molecule has 0 aliphatic carbocycles. The average molecular weight is 208 g/mol. The standard InChI is InChI=1S/C11H16N2O2/c1-3-7-13(4-2)9-5-6-10(12-15)11(14)8-9/h5-6,8,14H,3-4,7H2,1-2H3. The zero-order chi connectivity index (χ0) is 11.3. The largest absolute Gasteiger partial charge is 0.505 e. The van der Waals surface area contributed by atoms with Crippen molar-refractivity contribution < 1.29 is 5.11 Å². The number of aromatic hydroxyl groups is 1. The van der Waals surface area contributed by atoms with Crippen molar-refractivity contribution in [3.8, 4) is 5.75 Å². The molecule has 4 nitrogen and oxygen atoms in total. The molecule has 15 heavy (non-hydrogen) atoms. The van der Waals surface area contributed by atoms with Crippen LogP contribution in [0.4, 0.5) is 11.4 Å². The number of hydrogen-bond donors (Lipinski definition) is 1. The van der Waals surface area contributed by atoms with Crippen molar-refractivity contribution >= 4 is 11.4 Å². The van der Waals surface area contributed by atoms with Crippen LogP contribution in [-0.4, -0.2) is 18.2 Å². The van der Waals surface area contributed by atoms with Crippen LogP contribution in [0.25, 0.3) is 0 Å². The van der Waals surface area contributed by atoms with Crippen LogP contribution in [0.3, 0.4) is 0 Å². The van der Waals surface area contributed by atoms with E-state index in [9.17, 15) is 10.0 Å². The summed E-state index contributed by atoms with van der Waals surface area (Å²) in [4.78, 5) is 12.4. The highest BCUT2D eigenvalue weighted by atomic mass is 16.3. The van der Waals surface area contributed by atoms with Crippen LogP contribution in [0.15, 0.2) is 23.4 Å². The molecule has 0 spiro atoms. The normalized spacial score (nSPS) is 10.0. The second-order valence-corrected chi connectivity index (χ2v) is 3.34. The van der Waals surface area contributed by atoms with Crippen LogP contribution in [0.2, 0.25) is 0 Å². The quantitative estimate of drug-likeness (QED) is 0.757. The number of hydrogen-bond acceptors (Lipinski definition) is 4. The zero-order valence-electron chi connectivity index (χ0n) is 9.10. The lowest BCUT2D eigenvalue weighted by atomic mass is 10.2. The zero-order valence-corrected chi connectivity index (χ0v) is 9.10. The Morgan fingerprint density at radius 2 is 2.13 bits per heavy atom. The van der Waals surface area contributed by atoms with Crippen LogP contribution >= 0.6 is 0 Å². The van der Waals surface area contributed by atoms with E-state index in [1.165, 1.54) is 6.07 Å². The van der Waals surface area contributed by atoms with Crippen LogP contribution in [-0.2, 0) is 0 Å². The molecule has 0 fully saturated rings. The smallest absolute Gasteiger partial charge is 0.149 e. The van der Waals surface area contributed by atoms with Gasteiger partial charge in [0.1, 0.15) is 11.4 Å². The molecule has 4 heteroatoms. The lowest BCUT2D eigenvalue weighted by molar-refractivity contribution is 0.476. The van der Waals surface area contributed by atoms with Crippen LogP contribution < -0.4 is 4.90 Å². The molecule has 0 saturated carbocycles. The Hall–Kier alpha value is -1.58. The van der Waals surface area contributed by atoms with Gasteiger partial charge in [-0.2, -0.15) is 0 Å². The number of anilines is 1. The number of phenols is 1. The average Bonchev–Trinajstić information content (AvgIpc) is 2.25. The third-order valence-corrected chi connectivity index (χ3v) is 2.30. The first-order valence-corrected chi connectivity index (χ1v) is 5.14. The third kappa shape index (κ3) is 2.68. The first kappa shape index (κ1) is 11.5. The Labute approximate surface area is 89.5 Å². The SMILES string of the molecule is CCCN(CC)c1ccc(N=O)c(O)c1. The molecule has 0 aliphatic rings. The summed E-state index contributed by atoms with van der Waals surface area (Å²) in [6.07, 6.45) is 1.04. The fraction of sp³-hybridized carbons (Fsp3) is 0.455. The van der Waals surface area contributed by atoms with Gasteiger partial charge in [0, 0.05) is 24.8 Å². The molecule has 0 aliphatic heterocycles. The number of nitrogens with zero attached hydrogens (tertiary/aromatic N) is 2. The summed E-state index contributed by atoms with van der Waals surface area (Å²) in [5.41, 5.74) is 1.01. The molecule has 0 radical (unpaired) electrons. The van der Waals surface area contributed by atoms with Gasteiger partial charge in [0.25, 0.3) is 0 Å². The van der Waals surface area contributed by atoms with Crippen LogP contribution in [0.5, 0.6) is 5.75 Å². The number of rotatable bonds is 5. The Kier molecular flexibility index (Phi) is 4.09. The third-order valence-electron chi connectivity index (χ3n) is 2.30. The predicted molar refractivity (Wildman–Crippen MR) is 61.7 cm³/mol. The molecular formula is C11H16N2O2. The molecule has 1 N–H and O–H groups in total. The van der Waals surface area contributed by atoms with E-state index in [0.29, 0.717) is 0 Å². The molecule has 0 aromatic heterocycles. The van der Waals surface area contributed by atoms with E-state index in [1.54, 1.807) is 12.1 Å². The number of phenolic OH excluding ortho intramolecular Hbond substituents is 1. The Bertz CT molecular complexity index is 339. The summed E-state index contributed by atoms with van der Waals surface area (Å²) in [7, 11) is 0. The minimum absolute atomic E-state index is 0.0583. The van der Waals surface area contributed by atoms with Gasteiger partial charge in [-0.25, -0.2) is 0 Å². The van der Waals surface area contributed by atoms with E-state index >= 15 is 0 Å². The van der Waals surface area contributed by atoms with Gasteiger partial charge in [0.2, 0.25) is 0 Å². The second kappa shape index (κ2) is 5.34. The molecule has 1 aromatic carbocycles. The highest BCUT2D eigenvalue weighted by Crippen LogP contribution is 2.30. The number of nitroso groups, excluding NO2 is 1. The number of benzene rings is 1. The van der Waals surface area contributed by atoms with E-state index in [-0.39, 0.29) is 11.4 Å². The molecule has 1 aromatic rings. The summed E-state index contributed by atoms with van der Waals surface area (Å²) >= 11 is 0. The Morgan fingerprint density at radius 1 is 1.40 bits per heavy atom. The van der Waals surface area contributed by atoms with Gasteiger partial charge in [0.15, 0.2) is 0 Å². The topological polar surface area (TPSA) is 52.9 Å². The monoisotopic (exact) mass is 208 g/mol. The first-order valence-electron chi connectivity index (χ1n) is 5.14. The fourth-order valence-electron chi connectivity index (χ4n) is 1.53. The molecule has 0 bridgehead atoms. The maximum absolute atomic E-state index is 10.3. The van der Waals surface area contributed by atoms with E-state index in [2.05, 4.69) is 23.9 Å². The van der Waals surface area contributed by atoms with Crippen molar-refractivity contribution in [2.45, 2.75) is 20.3 Å². The van der Waals surface area contributed by atoms with Gasteiger partial charge >= 0.3 is 0 Å². The highest BCUT2D eigenvalue weighted by molar-refractivity contribution is 5.61. The molecule has 0 saturated heterocycles. The minimum atomic E-state index is -0.0583. The van der Waals surface area contributed by atoms with Crippen molar-refractivity contribution in [3.05, 3.63) is 23.1 Å². The molecule has 82 valence electrons. The fourth-order valence-corrected chi connectivity index (χ4v) is 1.53. The first-order chi connectivity index (χ1) is 7.22. The van der Waals surface area contributed by atoms with Crippen molar-refractivity contribution in [2.75, 3.05) is 18.0 Å². The lowest BCUT2D eigenvalue weighted by Crippen LogP contribution is -2.23. The van der Waals surface area contributed by atoms with Gasteiger partial charge in [-0.1, -0.05) is 6.92 Å². The van der Waals surface area contributed by atoms with Gasteiger partial charge in [-0.05, 0) is 30.7 Å². The van der Waals surface area contributed by atoms with Crippen molar-refractivity contribution in [1.29, 1.82) is 0 Å². The Morgan fingerprint density at radius 3 is 2.60 bits per heavy atom. The van der Waals surface area contributed by atoms with Crippen molar-refractivity contribution in [1.82, 2.24) is 0 Å². The summed E-state index contributed by atoms with van der Waals surface area (Å²) in [6, 6.07) is 4.92. The second-order valence-electron chi connectivity index (χ2n) is 3.34. The van der Waals surface area contributed by atoms with E-state index < -0.39 is 0 Å². The summed E-state index contributed by atoms with van der Waals surface area (Å²) < 4.78 is 0. The molecule has 0 heterocycles. The Balaban J connectivity index is 2.94. The van der Waals surface area contributed by atoms with Gasteiger partial charge < -0.3 is 10.0 Å². The molecule has 0 atom stereocenters. The van der Waals surface area contributed by atoms with Crippen LogP contribution in [0.1, 0.15) is 20.3 Å². The van der Waals surface area contributed by atoms with Gasteiger partial charge in [0.05, 0.1) is 0 Å². The molecular weight excluding hydrogens is 192 g/mol.